The van der Waals surface area contributed by atoms with Gasteiger partial charge in [-0.3, -0.25) is 9.69 Å². The number of halogens is 1. The first-order valence-electron chi connectivity index (χ1n) is 8.53. The van der Waals surface area contributed by atoms with E-state index in [9.17, 15) is 4.79 Å². The Morgan fingerprint density at radius 1 is 1.26 bits per heavy atom. The zero-order valence-corrected chi connectivity index (χ0v) is 17.3. The van der Waals surface area contributed by atoms with Crippen LogP contribution in [0.1, 0.15) is 24.4 Å². The molecule has 4 rings (SSSR count). The number of H-pyrrole nitrogens is 1. The average molecular weight is 416 g/mol. The molecule has 4 nitrogen and oxygen atoms in total. The standard InChI is InChI=1S/C20H18ClN3OS2/c1-12(24(2)10-13-5-3-6-14(21)9-13)18-22-19(25)17-15(11-27-20(17)23-18)16-7-4-8-26-16/h3-9,11-12H,10H2,1-2H3,(H,22,23,25)/t12-/m1/s1. The average Bonchev–Trinajstić information content (AvgIpc) is 3.30. The number of hydrogen-bond donors (Lipinski definition) is 1. The van der Waals surface area contributed by atoms with E-state index in [1.165, 1.54) is 11.3 Å². The molecule has 0 spiro atoms. The third-order valence-electron chi connectivity index (χ3n) is 4.63. The summed E-state index contributed by atoms with van der Waals surface area (Å²) >= 11 is 9.22. The van der Waals surface area contributed by atoms with Crippen LogP contribution in [-0.2, 0) is 6.54 Å². The van der Waals surface area contributed by atoms with Gasteiger partial charge in [0.2, 0.25) is 0 Å². The second-order valence-corrected chi connectivity index (χ2v) is 8.72. The van der Waals surface area contributed by atoms with Crippen LogP contribution in [0.25, 0.3) is 20.7 Å². The van der Waals surface area contributed by atoms with Gasteiger partial charge in [-0.2, -0.15) is 0 Å². The number of thiophene rings is 2. The van der Waals surface area contributed by atoms with Gasteiger partial charge in [0, 0.05) is 27.4 Å². The van der Waals surface area contributed by atoms with Crippen molar-refractivity contribution >= 4 is 44.5 Å². The molecule has 4 aromatic rings. The third kappa shape index (κ3) is 3.71. The van der Waals surface area contributed by atoms with Gasteiger partial charge in [0.1, 0.15) is 10.7 Å². The minimum atomic E-state index is -0.0809. The second-order valence-electron chi connectivity index (χ2n) is 6.48. The molecule has 0 saturated heterocycles. The van der Waals surface area contributed by atoms with Crippen LogP contribution in [0, 0.1) is 0 Å². The Kier molecular flexibility index (Phi) is 5.14. The fourth-order valence-electron chi connectivity index (χ4n) is 3.05. The molecule has 0 radical (unpaired) electrons. The summed E-state index contributed by atoms with van der Waals surface area (Å²) in [6, 6.07) is 11.8. The molecule has 138 valence electrons. The molecule has 3 aromatic heterocycles. The lowest BCUT2D eigenvalue weighted by atomic mass is 10.1. The number of aromatic amines is 1. The fraction of sp³-hybridized carbons (Fsp3) is 0.200. The van der Waals surface area contributed by atoms with E-state index in [4.69, 9.17) is 16.6 Å². The highest BCUT2D eigenvalue weighted by molar-refractivity contribution is 7.18. The normalized spacial score (nSPS) is 12.7. The highest BCUT2D eigenvalue weighted by atomic mass is 35.5. The fourth-order valence-corrected chi connectivity index (χ4v) is 5.03. The van der Waals surface area contributed by atoms with Crippen LogP contribution in [0.5, 0.6) is 0 Å². The molecule has 27 heavy (non-hydrogen) atoms. The largest absolute Gasteiger partial charge is 0.309 e. The van der Waals surface area contributed by atoms with Gasteiger partial charge >= 0.3 is 0 Å². The van der Waals surface area contributed by atoms with Gasteiger partial charge < -0.3 is 4.98 Å². The Bertz CT molecular complexity index is 1130. The van der Waals surface area contributed by atoms with E-state index in [2.05, 4.69) is 9.88 Å². The lowest BCUT2D eigenvalue weighted by Gasteiger charge is -2.24. The summed E-state index contributed by atoms with van der Waals surface area (Å²) in [4.78, 5) is 24.5. The maximum atomic E-state index is 12.8. The van der Waals surface area contributed by atoms with Crippen molar-refractivity contribution < 1.29 is 0 Å². The summed E-state index contributed by atoms with van der Waals surface area (Å²) in [5.74, 6) is 0.677. The van der Waals surface area contributed by atoms with E-state index in [0.717, 1.165) is 25.9 Å². The molecule has 1 aromatic carbocycles. The Balaban J connectivity index is 1.64. The highest BCUT2D eigenvalue weighted by Crippen LogP contribution is 2.34. The van der Waals surface area contributed by atoms with E-state index in [1.54, 1.807) is 11.3 Å². The molecule has 1 atom stereocenters. The highest BCUT2D eigenvalue weighted by Gasteiger charge is 2.19. The van der Waals surface area contributed by atoms with Crippen molar-refractivity contribution in [3.05, 3.63) is 73.9 Å². The van der Waals surface area contributed by atoms with Crippen LogP contribution < -0.4 is 5.56 Å². The molecule has 3 heterocycles. The van der Waals surface area contributed by atoms with Gasteiger partial charge in [-0.15, -0.1) is 22.7 Å². The minimum absolute atomic E-state index is 0.0339. The minimum Gasteiger partial charge on any atom is -0.309 e. The number of fused-ring (bicyclic) bond motifs is 1. The number of aromatic nitrogens is 2. The summed E-state index contributed by atoms with van der Waals surface area (Å²) < 4.78 is 0. The number of nitrogens with one attached hydrogen (secondary N) is 1. The zero-order chi connectivity index (χ0) is 19.0. The Hall–Kier alpha value is -1.99. The molecule has 0 saturated carbocycles. The summed E-state index contributed by atoms with van der Waals surface area (Å²) in [6.45, 7) is 2.76. The number of rotatable bonds is 5. The summed E-state index contributed by atoms with van der Waals surface area (Å²) in [5, 5.41) is 5.43. The first kappa shape index (κ1) is 18.4. The Morgan fingerprint density at radius 3 is 2.85 bits per heavy atom. The van der Waals surface area contributed by atoms with Crippen molar-refractivity contribution in [1.29, 1.82) is 0 Å². The monoisotopic (exact) mass is 415 g/mol. The second kappa shape index (κ2) is 7.56. The van der Waals surface area contributed by atoms with Gasteiger partial charge in [0.15, 0.2) is 0 Å². The quantitative estimate of drug-likeness (QED) is 0.464. The van der Waals surface area contributed by atoms with Gasteiger partial charge in [0.05, 0.1) is 11.4 Å². The number of hydrogen-bond acceptors (Lipinski definition) is 5. The van der Waals surface area contributed by atoms with Crippen molar-refractivity contribution in [2.75, 3.05) is 7.05 Å². The third-order valence-corrected chi connectivity index (χ3v) is 6.64. The van der Waals surface area contributed by atoms with E-state index >= 15 is 0 Å². The molecular weight excluding hydrogens is 398 g/mol. The van der Waals surface area contributed by atoms with E-state index in [-0.39, 0.29) is 11.6 Å². The molecule has 0 aliphatic heterocycles. The van der Waals surface area contributed by atoms with E-state index in [1.807, 2.05) is 61.1 Å². The molecule has 0 aliphatic rings. The van der Waals surface area contributed by atoms with E-state index < -0.39 is 0 Å². The van der Waals surface area contributed by atoms with Crippen LogP contribution >= 0.6 is 34.3 Å². The summed E-state index contributed by atoms with van der Waals surface area (Å²) in [7, 11) is 2.02. The molecule has 0 unspecified atom stereocenters. The maximum absolute atomic E-state index is 12.8. The van der Waals surface area contributed by atoms with E-state index in [0.29, 0.717) is 17.8 Å². The number of nitrogens with zero attached hydrogens (tertiary/aromatic N) is 2. The molecule has 1 N–H and O–H groups in total. The van der Waals surface area contributed by atoms with Crippen LogP contribution in [0.15, 0.2) is 52.0 Å². The van der Waals surface area contributed by atoms with Crippen molar-refractivity contribution in [3.8, 4) is 10.4 Å². The lowest BCUT2D eigenvalue weighted by Crippen LogP contribution is -2.25. The molecular formula is C20H18ClN3OS2. The predicted octanol–water partition coefficient (Wildman–Crippen LogP) is 5.56. The van der Waals surface area contributed by atoms with Gasteiger partial charge in [0.25, 0.3) is 5.56 Å². The Morgan fingerprint density at radius 2 is 2.11 bits per heavy atom. The van der Waals surface area contributed by atoms with Crippen molar-refractivity contribution in [3.63, 3.8) is 0 Å². The molecule has 0 aliphatic carbocycles. The summed E-state index contributed by atoms with van der Waals surface area (Å²) in [6.07, 6.45) is 0. The van der Waals surface area contributed by atoms with Crippen LogP contribution in [-0.4, -0.2) is 21.9 Å². The predicted molar refractivity (Wildman–Crippen MR) is 115 cm³/mol. The molecule has 7 heteroatoms. The zero-order valence-electron chi connectivity index (χ0n) is 14.9. The molecule has 0 bridgehead atoms. The van der Waals surface area contributed by atoms with Gasteiger partial charge in [-0.1, -0.05) is 29.8 Å². The van der Waals surface area contributed by atoms with Gasteiger partial charge in [-0.05, 0) is 43.1 Å². The number of benzene rings is 1. The smallest absolute Gasteiger partial charge is 0.260 e. The van der Waals surface area contributed by atoms with Crippen LogP contribution in [0.4, 0.5) is 0 Å². The van der Waals surface area contributed by atoms with Crippen LogP contribution in [0.3, 0.4) is 0 Å². The lowest BCUT2D eigenvalue weighted by molar-refractivity contribution is 0.244. The van der Waals surface area contributed by atoms with Crippen molar-refractivity contribution in [2.24, 2.45) is 0 Å². The Labute approximate surface area is 170 Å². The topological polar surface area (TPSA) is 49.0 Å². The molecule has 0 fully saturated rings. The first-order chi connectivity index (χ1) is 13.0. The first-order valence-corrected chi connectivity index (χ1v) is 10.7. The SMILES string of the molecule is C[C@H](c1nc2scc(-c3cccs3)c2c(=O)[nH]1)N(C)Cc1cccc(Cl)c1. The molecule has 0 amide bonds. The van der Waals surface area contributed by atoms with Crippen LogP contribution in [0.2, 0.25) is 5.02 Å². The van der Waals surface area contributed by atoms with Crippen molar-refractivity contribution in [2.45, 2.75) is 19.5 Å². The maximum Gasteiger partial charge on any atom is 0.260 e. The van der Waals surface area contributed by atoms with Crippen molar-refractivity contribution in [1.82, 2.24) is 14.9 Å². The summed E-state index contributed by atoms with van der Waals surface area (Å²) in [5.41, 5.74) is 2.00. The van der Waals surface area contributed by atoms with Gasteiger partial charge in [-0.25, -0.2) is 4.98 Å².